The number of aliphatic imine (C=N–C) groups is 1. The van der Waals surface area contributed by atoms with Crippen LogP contribution in [0.1, 0.15) is 38.8 Å². The van der Waals surface area contributed by atoms with Crippen LogP contribution in [-0.4, -0.2) is 64.2 Å². The van der Waals surface area contributed by atoms with Crippen molar-refractivity contribution in [3.63, 3.8) is 0 Å². The Bertz CT molecular complexity index is 1240. The highest BCUT2D eigenvalue weighted by Gasteiger charge is 2.31. The van der Waals surface area contributed by atoms with Crippen LogP contribution in [-0.2, 0) is 15.9 Å². The van der Waals surface area contributed by atoms with E-state index in [1.54, 1.807) is 17.8 Å². The van der Waals surface area contributed by atoms with E-state index in [1.165, 1.54) is 0 Å². The standard InChI is InChI=1S/C26H32F2N6O2/c1-15(10-25(27)28)20-13-23-22(30-16(20)2)5-4-21(32-23)19-6-7-34-24(19)14-29-26(33-34)31-17-11-18(12-17)36-9-8-35-3/h4-7,14-15,17-18,20,25H,8-13H2,1-3H3,(H,31,33)/t15-,17?,18?,20-/m1/s1. The third-order valence-corrected chi connectivity index (χ3v) is 7.20. The van der Waals surface area contributed by atoms with Crippen LogP contribution < -0.4 is 5.32 Å². The van der Waals surface area contributed by atoms with Crippen molar-refractivity contribution < 1.29 is 18.3 Å². The largest absolute Gasteiger partial charge is 0.382 e. The molecular formula is C26H32F2N6O2. The number of fused-ring (bicyclic) bond motifs is 2. The minimum Gasteiger partial charge on any atom is -0.382 e. The SMILES string of the molecule is COCCOC1CC(Nc2ncc3c(-c4ccc5c(n4)C[C@H]([C@H](C)CC(F)F)C(C)=N5)ccn3n2)C1. The molecule has 1 saturated carbocycles. The zero-order chi connectivity index (χ0) is 25.2. The number of nitrogens with zero attached hydrogens (tertiary/aromatic N) is 5. The maximum Gasteiger partial charge on any atom is 0.241 e. The molecule has 0 aromatic carbocycles. The number of ether oxygens (including phenoxy) is 2. The van der Waals surface area contributed by atoms with Crippen LogP contribution in [0.15, 0.2) is 35.6 Å². The van der Waals surface area contributed by atoms with Crippen LogP contribution in [0, 0.1) is 11.8 Å². The zero-order valence-electron chi connectivity index (χ0n) is 20.8. The van der Waals surface area contributed by atoms with Crippen LogP contribution in [0.5, 0.6) is 0 Å². The second-order valence-electron chi connectivity index (χ2n) is 9.77. The zero-order valence-corrected chi connectivity index (χ0v) is 20.8. The number of alkyl halides is 2. The van der Waals surface area contributed by atoms with Gasteiger partial charge in [-0.2, -0.15) is 0 Å². The minimum atomic E-state index is -2.32. The van der Waals surface area contributed by atoms with Crippen LogP contribution in [0.25, 0.3) is 16.8 Å². The predicted octanol–water partition coefficient (Wildman–Crippen LogP) is 4.95. The number of nitrogens with one attached hydrogen (secondary N) is 1. The third-order valence-electron chi connectivity index (χ3n) is 7.20. The van der Waals surface area contributed by atoms with Crippen molar-refractivity contribution in [2.75, 3.05) is 25.6 Å². The van der Waals surface area contributed by atoms with Gasteiger partial charge in [0.25, 0.3) is 0 Å². The van der Waals surface area contributed by atoms with Crippen molar-refractivity contribution >= 4 is 22.9 Å². The first-order valence-corrected chi connectivity index (χ1v) is 12.5. The van der Waals surface area contributed by atoms with Crippen molar-refractivity contribution in [1.82, 2.24) is 19.6 Å². The number of pyridine rings is 1. The predicted molar refractivity (Wildman–Crippen MR) is 134 cm³/mol. The summed E-state index contributed by atoms with van der Waals surface area (Å²) in [5.41, 5.74) is 5.12. The average molecular weight is 499 g/mol. The first kappa shape index (κ1) is 24.7. The molecule has 0 bridgehead atoms. The third kappa shape index (κ3) is 5.24. The van der Waals surface area contributed by atoms with Gasteiger partial charge in [-0.05, 0) is 43.9 Å². The summed E-state index contributed by atoms with van der Waals surface area (Å²) in [6.07, 6.45) is 3.94. The molecule has 10 heteroatoms. The molecule has 4 heterocycles. The van der Waals surface area contributed by atoms with Gasteiger partial charge in [0.2, 0.25) is 12.4 Å². The molecule has 3 aromatic heterocycles. The monoisotopic (exact) mass is 498 g/mol. The second-order valence-corrected chi connectivity index (χ2v) is 9.77. The van der Waals surface area contributed by atoms with Crippen LogP contribution in [0.3, 0.4) is 0 Å². The van der Waals surface area contributed by atoms with E-state index in [1.807, 2.05) is 38.2 Å². The van der Waals surface area contributed by atoms with Gasteiger partial charge >= 0.3 is 0 Å². The summed E-state index contributed by atoms with van der Waals surface area (Å²) in [6, 6.07) is 6.16. The fourth-order valence-corrected chi connectivity index (χ4v) is 5.07. The van der Waals surface area contributed by atoms with Crippen molar-refractivity contribution in [2.45, 2.75) is 58.1 Å². The first-order chi connectivity index (χ1) is 17.4. The lowest BCUT2D eigenvalue weighted by atomic mass is 9.82. The Kier molecular flexibility index (Phi) is 7.25. The van der Waals surface area contributed by atoms with Gasteiger partial charge in [0.1, 0.15) is 0 Å². The van der Waals surface area contributed by atoms with Gasteiger partial charge < -0.3 is 14.8 Å². The van der Waals surface area contributed by atoms with Gasteiger partial charge in [0, 0.05) is 49.4 Å². The Balaban J connectivity index is 1.28. The molecule has 2 aliphatic rings. The van der Waals surface area contributed by atoms with Crippen molar-refractivity contribution in [3.8, 4) is 11.3 Å². The van der Waals surface area contributed by atoms with Crippen LogP contribution >= 0.6 is 0 Å². The van der Waals surface area contributed by atoms with Gasteiger partial charge in [0.05, 0.1) is 48.1 Å². The van der Waals surface area contributed by atoms with E-state index in [4.69, 9.17) is 14.5 Å². The normalized spacial score (nSPS) is 22.3. The molecule has 0 unspecified atom stereocenters. The molecule has 0 saturated heterocycles. The molecule has 1 N–H and O–H groups in total. The highest BCUT2D eigenvalue weighted by Crippen LogP contribution is 2.35. The van der Waals surface area contributed by atoms with Crippen molar-refractivity contribution in [1.29, 1.82) is 0 Å². The lowest BCUT2D eigenvalue weighted by molar-refractivity contribution is -0.0261. The van der Waals surface area contributed by atoms with E-state index in [9.17, 15) is 8.78 Å². The number of methoxy groups -OCH3 is 1. The van der Waals surface area contributed by atoms with Gasteiger partial charge in [0.15, 0.2) is 0 Å². The fourth-order valence-electron chi connectivity index (χ4n) is 5.07. The molecule has 1 aliphatic carbocycles. The smallest absolute Gasteiger partial charge is 0.241 e. The molecule has 36 heavy (non-hydrogen) atoms. The highest BCUT2D eigenvalue weighted by molar-refractivity contribution is 5.89. The Labute approximate surface area is 209 Å². The average Bonchev–Trinajstić information content (AvgIpc) is 3.24. The van der Waals surface area contributed by atoms with E-state index in [2.05, 4.69) is 20.4 Å². The van der Waals surface area contributed by atoms with Gasteiger partial charge in [-0.25, -0.2) is 18.3 Å². The minimum absolute atomic E-state index is 0.0338. The first-order valence-electron chi connectivity index (χ1n) is 12.5. The number of hydrogen-bond donors (Lipinski definition) is 1. The molecule has 0 spiro atoms. The summed E-state index contributed by atoms with van der Waals surface area (Å²) >= 11 is 0. The molecule has 0 amide bonds. The number of rotatable bonds is 10. The maximum atomic E-state index is 13.0. The molecule has 5 rings (SSSR count). The number of halogens is 2. The highest BCUT2D eigenvalue weighted by atomic mass is 19.3. The van der Waals surface area contributed by atoms with Crippen LogP contribution in [0.2, 0.25) is 0 Å². The van der Waals surface area contributed by atoms with E-state index in [0.29, 0.717) is 25.6 Å². The van der Waals surface area contributed by atoms with Gasteiger partial charge in [-0.1, -0.05) is 6.92 Å². The van der Waals surface area contributed by atoms with Gasteiger partial charge in [-0.15, -0.1) is 5.10 Å². The lowest BCUT2D eigenvalue weighted by Gasteiger charge is -2.35. The molecule has 0 radical (unpaired) electrons. The summed E-state index contributed by atoms with van der Waals surface area (Å²) in [5, 5.41) is 7.99. The molecule has 8 nitrogen and oxygen atoms in total. The Hall–Kier alpha value is -2.98. The summed E-state index contributed by atoms with van der Waals surface area (Å²) < 4.78 is 38.5. The quantitative estimate of drug-likeness (QED) is 0.398. The van der Waals surface area contributed by atoms with Crippen molar-refractivity contribution in [2.24, 2.45) is 16.8 Å². The number of aromatic nitrogens is 4. The molecule has 1 fully saturated rings. The maximum absolute atomic E-state index is 13.0. The molecule has 3 aromatic rings. The Morgan fingerprint density at radius 3 is 2.81 bits per heavy atom. The second kappa shape index (κ2) is 10.6. The van der Waals surface area contributed by atoms with Gasteiger partial charge in [-0.3, -0.25) is 9.98 Å². The Morgan fingerprint density at radius 2 is 2.03 bits per heavy atom. The summed E-state index contributed by atoms with van der Waals surface area (Å²) in [6.45, 7) is 5.01. The summed E-state index contributed by atoms with van der Waals surface area (Å²) in [5.74, 6) is 0.377. The number of anilines is 1. The van der Waals surface area contributed by atoms with E-state index < -0.39 is 6.43 Å². The molecular weight excluding hydrogens is 466 g/mol. The Morgan fingerprint density at radius 1 is 1.19 bits per heavy atom. The topological polar surface area (TPSA) is 85.9 Å². The lowest BCUT2D eigenvalue weighted by Crippen LogP contribution is -2.41. The van der Waals surface area contributed by atoms with E-state index in [-0.39, 0.29) is 30.4 Å². The van der Waals surface area contributed by atoms with E-state index in [0.717, 1.165) is 46.7 Å². The van der Waals surface area contributed by atoms with E-state index >= 15 is 0 Å². The molecule has 1 aliphatic heterocycles. The van der Waals surface area contributed by atoms with Crippen molar-refractivity contribution in [3.05, 3.63) is 36.3 Å². The fraction of sp³-hybridized carbons (Fsp3) is 0.538. The summed E-state index contributed by atoms with van der Waals surface area (Å²) in [7, 11) is 1.67. The number of hydrogen-bond acceptors (Lipinski definition) is 7. The summed E-state index contributed by atoms with van der Waals surface area (Å²) in [4.78, 5) is 14.1. The molecule has 2 atom stereocenters. The van der Waals surface area contributed by atoms with Crippen LogP contribution in [0.4, 0.5) is 20.4 Å². The molecule has 192 valence electrons.